The van der Waals surface area contributed by atoms with Crippen LogP contribution in [0.15, 0.2) is 48.5 Å². The number of nitro benzene ring substituents is 1. The van der Waals surface area contributed by atoms with Gasteiger partial charge in [-0.15, -0.1) is 0 Å². The Morgan fingerprint density at radius 2 is 1.68 bits per heavy atom. The second-order valence-electron chi connectivity index (χ2n) is 5.96. The number of carbonyl (C=O) groups excluding carboxylic acids is 1. The number of rotatable bonds is 8. The first kappa shape index (κ1) is 22.6. The van der Waals surface area contributed by atoms with Gasteiger partial charge in [-0.05, 0) is 49.1 Å². The van der Waals surface area contributed by atoms with E-state index in [4.69, 9.17) is 15.6 Å². The minimum absolute atomic E-state index is 0.0229. The number of non-ortho nitro benzene ring substituents is 1. The lowest BCUT2D eigenvalue weighted by Gasteiger charge is -2.02. The second kappa shape index (κ2) is 12.1. The summed E-state index contributed by atoms with van der Waals surface area (Å²) < 4.78 is 4.93. The van der Waals surface area contributed by atoms with Gasteiger partial charge in [-0.25, -0.2) is 0 Å². The predicted octanol–water partition coefficient (Wildman–Crippen LogP) is 3.98. The van der Waals surface area contributed by atoms with Gasteiger partial charge in [-0.1, -0.05) is 19.1 Å². The molecule has 0 saturated carbocycles. The number of ether oxygens (including phenoxy) is 1. The first-order valence-corrected chi connectivity index (χ1v) is 8.83. The molecule has 0 saturated heterocycles. The number of hydrogen-bond donors (Lipinski definition) is 2. The average molecular weight is 388 g/mol. The normalized spacial score (nSPS) is 9.75. The second-order valence-corrected chi connectivity index (χ2v) is 5.96. The molecule has 150 valence electrons. The first-order chi connectivity index (χ1) is 13.3. The van der Waals surface area contributed by atoms with Crippen LogP contribution in [-0.4, -0.2) is 22.0 Å². The Hall–Kier alpha value is -3.42. The number of anilines is 1. The van der Waals surface area contributed by atoms with Gasteiger partial charge < -0.3 is 15.6 Å². The number of esters is 1. The summed E-state index contributed by atoms with van der Waals surface area (Å²) in [7, 11) is 0. The molecule has 3 N–H and O–H groups in total. The van der Waals surface area contributed by atoms with Crippen molar-refractivity contribution in [1.82, 2.24) is 0 Å². The zero-order valence-electron chi connectivity index (χ0n) is 15.7. The molecule has 0 unspecified atom stereocenters. The summed E-state index contributed by atoms with van der Waals surface area (Å²) in [5.74, 6) is -0.735. The highest BCUT2D eigenvalue weighted by Crippen LogP contribution is 2.17. The number of nitrogen functional groups attached to an aromatic ring is 1. The molecule has 0 aromatic heterocycles. The number of hydrogen-bond acceptors (Lipinski definition) is 6. The highest BCUT2D eigenvalue weighted by molar-refractivity contribution is 5.72. The number of nitrogens with two attached hydrogens (primary N) is 1. The Bertz CT molecular complexity index is 772. The molecule has 0 aliphatic carbocycles. The summed E-state index contributed by atoms with van der Waals surface area (Å²) in [4.78, 5) is 31.1. The van der Waals surface area contributed by atoms with Crippen LogP contribution in [0.5, 0.6) is 5.75 Å². The zero-order valence-corrected chi connectivity index (χ0v) is 15.7. The molecular weight excluding hydrogens is 364 g/mol. The lowest BCUT2D eigenvalue weighted by Crippen LogP contribution is -2.06. The Kier molecular flexibility index (Phi) is 9.74. The van der Waals surface area contributed by atoms with Crippen LogP contribution in [0.1, 0.15) is 38.2 Å². The molecule has 0 spiro atoms. The summed E-state index contributed by atoms with van der Waals surface area (Å²) in [6, 6.07) is 12.9. The van der Waals surface area contributed by atoms with Crippen molar-refractivity contribution in [2.45, 2.75) is 39.0 Å². The third-order valence-electron chi connectivity index (χ3n) is 3.57. The molecule has 0 amide bonds. The number of nitro groups is 1. The van der Waals surface area contributed by atoms with E-state index in [1.807, 2.05) is 31.2 Å². The van der Waals surface area contributed by atoms with Crippen molar-refractivity contribution in [1.29, 1.82) is 0 Å². The van der Waals surface area contributed by atoms with Crippen LogP contribution in [0.2, 0.25) is 0 Å². The summed E-state index contributed by atoms with van der Waals surface area (Å²) in [6.45, 7) is 1.87. The maximum absolute atomic E-state index is 11.1. The van der Waals surface area contributed by atoms with Gasteiger partial charge in [0.1, 0.15) is 5.75 Å². The van der Waals surface area contributed by atoms with Gasteiger partial charge in [0.2, 0.25) is 0 Å². The number of carboxylic acid groups (broad SMARTS) is 1. The zero-order chi connectivity index (χ0) is 20.9. The van der Waals surface area contributed by atoms with Gasteiger partial charge in [-0.2, -0.15) is 0 Å². The molecule has 0 bridgehead atoms. The minimum Gasteiger partial charge on any atom is -0.481 e. The van der Waals surface area contributed by atoms with Gasteiger partial charge in [0, 0.05) is 30.7 Å². The Labute approximate surface area is 163 Å². The van der Waals surface area contributed by atoms with Crippen molar-refractivity contribution in [2.75, 3.05) is 5.73 Å². The third-order valence-corrected chi connectivity index (χ3v) is 3.57. The topological polar surface area (TPSA) is 133 Å². The average Bonchev–Trinajstić information content (AvgIpc) is 2.64. The number of benzene rings is 2. The molecule has 2 aromatic carbocycles. The lowest BCUT2D eigenvalue weighted by atomic mass is 10.1. The standard InChI is InChI=1S/C10H11NO4.C10H13NO2/c1-2-3-10(12)15-9-6-4-8(5-7-9)11(13)14;11-9-6-4-8(5-7-9)2-1-3-10(12)13/h4-7H,2-3H2,1H3;4-7H,1-3,11H2,(H,12,13). The van der Waals surface area contributed by atoms with E-state index in [9.17, 15) is 19.7 Å². The van der Waals surface area contributed by atoms with Gasteiger partial charge in [0.15, 0.2) is 0 Å². The molecule has 2 aromatic rings. The number of carbonyl (C=O) groups is 2. The van der Waals surface area contributed by atoms with E-state index < -0.39 is 10.9 Å². The Morgan fingerprint density at radius 1 is 1.07 bits per heavy atom. The SMILES string of the molecule is CCCC(=O)Oc1ccc([N+](=O)[O-])cc1.Nc1ccc(CCCC(=O)O)cc1. The molecule has 8 nitrogen and oxygen atoms in total. The Balaban J connectivity index is 0.000000283. The molecule has 2 rings (SSSR count). The van der Waals surface area contributed by atoms with Crippen LogP contribution in [0.25, 0.3) is 0 Å². The predicted molar refractivity (Wildman–Crippen MR) is 105 cm³/mol. The van der Waals surface area contributed by atoms with E-state index in [0.29, 0.717) is 25.0 Å². The number of nitrogens with zero attached hydrogens (tertiary/aromatic N) is 1. The van der Waals surface area contributed by atoms with Gasteiger partial charge in [-0.3, -0.25) is 19.7 Å². The molecule has 0 atom stereocenters. The van der Waals surface area contributed by atoms with Crippen molar-refractivity contribution < 1.29 is 24.4 Å². The maximum Gasteiger partial charge on any atom is 0.311 e. The Morgan fingerprint density at radius 3 is 2.18 bits per heavy atom. The van der Waals surface area contributed by atoms with Crippen molar-refractivity contribution in [3.8, 4) is 5.75 Å². The molecule has 0 aliphatic rings. The summed E-state index contributed by atoms with van der Waals surface area (Å²) in [6.07, 6.45) is 2.76. The highest BCUT2D eigenvalue weighted by Gasteiger charge is 2.07. The molecule has 0 aliphatic heterocycles. The van der Waals surface area contributed by atoms with Crippen LogP contribution < -0.4 is 10.5 Å². The summed E-state index contributed by atoms with van der Waals surface area (Å²) in [5, 5.41) is 18.8. The number of aryl methyl sites for hydroxylation is 1. The molecule has 0 radical (unpaired) electrons. The quantitative estimate of drug-likeness (QED) is 0.230. The van der Waals surface area contributed by atoms with E-state index in [0.717, 1.165) is 17.7 Å². The van der Waals surface area contributed by atoms with Crippen LogP contribution in [0.4, 0.5) is 11.4 Å². The molecule has 28 heavy (non-hydrogen) atoms. The van der Waals surface area contributed by atoms with Crippen molar-refractivity contribution in [2.24, 2.45) is 0 Å². The number of aliphatic carboxylic acids is 1. The van der Waals surface area contributed by atoms with Crippen LogP contribution in [0.3, 0.4) is 0 Å². The summed E-state index contributed by atoms with van der Waals surface area (Å²) >= 11 is 0. The largest absolute Gasteiger partial charge is 0.481 e. The minimum atomic E-state index is -0.740. The number of carboxylic acids is 1. The lowest BCUT2D eigenvalue weighted by molar-refractivity contribution is -0.384. The van der Waals surface area contributed by atoms with Crippen molar-refractivity contribution in [3.05, 3.63) is 64.2 Å². The summed E-state index contributed by atoms with van der Waals surface area (Å²) in [5.41, 5.74) is 7.36. The fourth-order valence-electron chi connectivity index (χ4n) is 2.15. The van der Waals surface area contributed by atoms with Gasteiger partial charge in [0.25, 0.3) is 5.69 Å². The van der Waals surface area contributed by atoms with E-state index in [2.05, 4.69) is 0 Å². The maximum atomic E-state index is 11.1. The molecule has 8 heteroatoms. The molecule has 0 fully saturated rings. The molecule has 0 heterocycles. The van der Waals surface area contributed by atoms with Crippen LogP contribution in [0, 0.1) is 10.1 Å². The van der Waals surface area contributed by atoms with Gasteiger partial charge in [0.05, 0.1) is 4.92 Å². The first-order valence-electron chi connectivity index (χ1n) is 8.83. The fourth-order valence-corrected chi connectivity index (χ4v) is 2.15. The van der Waals surface area contributed by atoms with E-state index in [1.54, 1.807) is 0 Å². The fraction of sp³-hybridized carbons (Fsp3) is 0.300. The van der Waals surface area contributed by atoms with Crippen LogP contribution >= 0.6 is 0 Å². The van der Waals surface area contributed by atoms with E-state index in [1.165, 1.54) is 24.3 Å². The third kappa shape index (κ3) is 9.33. The van der Waals surface area contributed by atoms with Crippen molar-refractivity contribution >= 4 is 23.3 Å². The van der Waals surface area contributed by atoms with Gasteiger partial charge >= 0.3 is 11.9 Å². The monoisotopic (exact) mass is 388 g/mol. The molecular formula is C20H24N2O6. The van der Waals surface area contributed by atoms with E-state index >= 15 is 0 Å². The van der Waals surface area contributed by atoms with Crippen molar-refractivity contribution in [3.63, 3.8) is 0 Å². The van der Waals surface area contributed by atoms with Crippen LogP contribution in [-0.2, 0) is 16.0 Å². The van der Waals surface area contributed by atoms with E-state index in [-0.39, 0.29) is 18.1 Å². The highest BCUT2D eigenvalue weighted by atomic mass is 16.6. The smallest absolute Gasteiger partial charge is 0.311 e.